The van der Waals surface area contributed by atoms with Gasteiger partial charge in [0.15, 0.2) is 0 Å². The molecule has 0 aliphatic heterocycles. The zero-order chi connectivity index (χ0) is 21.0. The van der Waals surface area contributed by atoms with E-state index in [0.29, 0.717) is 33.1 Å². The van der Waals surface area contributed by atoms with E-state index in [9.17, 15) is 4.79 Å². The maximum Gasteiger partial charge on any atom is 0.320 e. The molecule has 29 heavy (non-hydrogen) atoms. The van der Waals surface area contributed by atoms with Crippen LogP contribution in [0.25, 0.3) is 0 Å². The van der Waals surface area contributed by atoms with Crippen LogP contribution in [0, 0.1) is 0 Å². The maximum absolute atomic E-state index is 12.7. The number of urea groups is 1. The first-order valence-corrected chi connectivity index (χ1v) is 9.39. The first kappa shape index (κ1) is 20.8. The molecule has 0 bridgehead atoms. The number of benzene rings is 2. The minimum Gasteiger partial charge on any atom is -0.497 e. The Morgan fingerprint density at radius 1 is 1.07 bits per heavy atom. The summed E-state index contributed by atoms with van der Waals surface area (Å²) in [5.74, 6) is 1.85. The predicted octanol–water partition coefficient (Wildman–Crippen LogP) is 4.66. The highest BCUT2D eigenvalue weighted by Crippen LogP contribution is 2.30. The number of carbonyl (C=O) groups excluding carboxylic acids is 1. The first-order chi connectivity index (χ1) is 13.9. The number of hydrogen-bond donors (Lipinski definition) is 2. The van der Waals surface area contributed by atoms with Crippen molar-refractivity contribution in [2.45, 2.75) is 6.04 Å². The highest BCUT2D eigenvalue weighted by molar-refractivity contribution is 6.42. The van der Waals surface area contributed by atoms with E-state index in [2.05, 4.69) is 15.6 Å². The molecule has 152 valence electrons. The maximum atomic E-state index is 12.7. The molecule has 1 heterocycles. The Kier molecular flexibility index (Phi) is 6.51. The standard InChI is InChI=1S/C20H20Cl2N4O3/c1-26-7-6-23-19(26)18(12-8-14(28-2)11-15(9-12)29-3)25-20(27)24-13-4-5-16(21)17(22)10-13/h4-11,18H,1-3H3,(H2,24,25,27). The Morgan fingerprint density at radius 2 is 1.76 bits per heavy atom. The van der Waals surface area contributed by atoms with Gasteiger partial charge in [0.05, 0.1) is 24.3 Å². The lowest BCUT2D eigenvalue weighted by Gasteiger charge is -2.21. The van der Waals surface area contributed by atoms with E-state index in [1.807, 2.05) is 23.7 Å². The van der Waals surface area contributed by atoms with Crippen LogP contribution >= 0.6 is 23.2 Å². The van der Waals surface area contributed by atoms with Gasteiger partial charge in [-0.05, 0) is 35.9 Å². The van der Waals surface area contributed by atoms with Crippen LogP contribution in [0.5, 0.6) is 11.5 Å². The number of nitrogens with zero attached hydrogens (tertiary/aromatic N) is 2. The number of aromatic nitrogens is 2. The second-order valence-electron chi connectivity index (χ2n) is 6.20. The summed E-state index contributed by atoms with van der Waals surface area (Å²) < 4.78 is 12.5. The smallest absolute Gasteiger partial charge is 0.320 e. The zero-order valence-electron chi connectivity index (χ0n) is 16.1. The summed E-state index contributed by atoms with van der Waals surface area (Å²) in [6, 6.07) is 9.27. The minimum absolute atomic E-state index is 0.350. The van der Waals surface area contributed by atoms with Gasteiger partial charge < -0.3 is 24.7 Å². The van der Waals surface area contributed by atoms with Gasteiger partial charge >= 0.3 is 6.03 Å². The molecule has 7 nitrogen and oxygen atoms in total. The van der Waals surface area contributed by atoms with Gasteiger partial charge in [0.25, 0.3) is 0 Å². The van der Waals surface area contributed by atoms with Gasteiger partial charge in [-0.3, -0.25) is 0 Å². The van der Waals surface area contributed by atoms with Gasteiger partial charge in [-0.1, -0.05) is 23.2 Å². The molecule has 0 saturated carbocycles. The summed E-state index contributed by atoms with van der Waals surface area (Å²) in [7, 11) is 4.99. The second-order valence-corrected chi connectivity index (χ2v) is 7.02. The van der Waals surface area contributed by atoms with Crippen LogP contribution in [-0.2, 0) is 7.05 Å². The van der Waals surface area contributed by atoms with Gasteiger partial charge in [0, 0.05) is 31.2 Å². The summed E-state index contributed by atoms with van der Waals surface area (Å²) >= 11 is 12.0. The number of aryl methyl sites for hydroxylation is 1. The van der Waals surface area contributed by atoms with Gasteiger partial charge in [0.2, 0.25) is 0 Å². The summed E-state index contributed by atoms with van der Waals surface area (Å²) in [5, 5.41) is 6.46. The molecule has 2 aromatic carbocycles. The fraction of sp³-hybridized carbons (Fsp3) is 0.200. The number of rotatable bonds is 6. The van der Waals surface area contributed by atoms with Crippen LogP contribution < -0.4 is 20.1 Å². The van der Waals surface area contributed by atoms with Crippen LogP contribution in [0.1, 0.15) is 17.4 Å². The van der Waals surface area contributed by atoms with Gasteiger partial charge in [0.1, 0.15) is 23.4 Å². The fourth-order valence-corrected chi connectivity index (χ4v) is 3.12. The number of hydrogen-bond acceptors (Lipinski definition) is 4. The molecule has 0 aliphatic rings. The van der Waals surface area contributed by atoms with E-state index in [1.165, 1.54) is 0 Å². The number of amides is 2. The van der Waals surface area contributed by atoms with Crippen LogP contribution in [-0.4, -0.2) is 29.8 Å². The lowest BCUT2D eigenvalue weighted by molar-refractivity contribution is 0.249. The second kappa shape index (κ2) is 9.07. The number of ether oxygens (including phenoxy) is 2. The third-order valence-corrected chi connectivity index (χ3v) is 5.02. The van der Waals surface area contributed by atoms with Crippen LogP contribution in [0.15, 0.2) is 48.8 Å². The predicted molar refractivity (Wildman–Crippen MR) is 113 cm³/mol. The molecule has 1 unspecified atom stereocenters. The Bertz CT molecular complexity index is 1000. The third-order valence-electron chi connectivity index (χ3n) is 4.28. The largest absolute Gasteiger partial charge is 0.497 e. The summed E-state index contributed by atoms with van der Waals surface area (Å²) in [6.45, 7) is 0. The zero-order valence-corrected chi connectivity index (χ0v) is 17.6. The van der Waals surface area contributed by atoms with Crippen molar-refractivity contribution in [3.8, 4) is 11.5 Å². The number of methoxy groups -OCH3 is 2. The lowest BCUT2D eigenvalue weighted by Crippen LogP contribution is -2.34. The number of nitrogens with one attached hydrogen (secondary N) is 2. The van der Waals surface area contributed by atoms with Gasteiger partial charge in [-0.15, -0.1) is 0 Å². The molecule has 0 radical (unpaired) electrons. The molecule has 0 fully saturated rings. The molecule has 9 heteroatoms. The van der Waals surface area contributed by atoms with E-state index in [-0.39, 0.29) is 0 Å². The third kappa shape index (κ3) is 4.93. The van der Waals surface area contributed by atoms with E-state index in [4.69, 9.17) is 32.7 Å². The van der Waals surface area contributed by atoms with Gasteiger partial charge in [-0.2, -0.15) is 0 Å². The average Bonchev–Trinajstić information content (AvgIpc) is 3.14. The lowest BCUT2D eigenvalue weighted by atomic mass is 10.1. The van der Waals surface area contributed by atoms with Crippen molar-refractivity contribution in [3.05, 3.63) is 70.2 Å². The quantitative estimate of drug-likeness (QED) is 0.591. The Labute approximate surface area is 178 Å². The van der Waals surface area contributed by atoms with E-state index < -0.39 is 12.1 Å². The molecular formula is C20H20Cl2N4O3. The SMILES string of the molecule is COc1cc(OC)cc(C(NC(=O)Nc2ccc(Cl)c(Cl)c2)c2nccn2C)c1. The normalized spacial score (nSPS) is 11.6. The monoisotopic (exact) mass is 434 g/mol. The van der Waals surface area contributed by atoms with Crippen LogP contribution in [0.3, 0.4) is 0 Å². The molecular weight excluding hydrogens is 415 g/mol. The first-order valence-electron chi connectivity index (χ1n) is 8.64. The van der Waals surface area contributed by atoms with Crippen molar-refractivity contribution >= 4 is 34.9 Å². The van der Waals surface area contributed by atoms with Crippen molar-refractivity contribution < 1.29 is 14.3 Å². The average molecular weight is 435 g/mol. The Morgan fingerprint density at radius 3 is 2.31 bits per heavy atom. The van der Waals surface area contributed by atoms with Crippen molar-refractivity contribution in [2.24, 2.45) is 7.05 Å². The summed E-state index contributed by atoms with van der Waals surface area (Å²) in [4.78, 5) is 17.1. The number of anilines is 1. The molecule has 0 aliphatic carbocycles. The number of carbonyl (C=O) groups is 1. The van der Waals surface area contributed by atoms with Crippen LogP contribution in [0.4, 0.5) is 10.5 Å². The van der Waals surface area contributed by atoms with E-state index in [1.54, 1.807) is 50.9 Å². The van der Waals surface area contributed by atoms with Crippen molar-refractivity contribution in [1.29, 1.82) is 0 Å². The Balaban J connectivity index is 1.91. The molecule has 0 spiro atoms. The molecule has 1 atom stereocenters. The van der Waals surface area contributed by atoms with E-state index >= 15 is 0 Å². The molecule has 1 aromatic heterocycles. The number of imidazole rings is 1. The van der Waals surface area contributed by atoms with Crippen molar-refractivity contribution in [3.63, 3.8) is 0 Å². The van der Waals surface area contributed by atoms with E-state index in [0.717, 1.165) is 5.56 Å². The highest BCUT2D eigenvalue weighted by Gasteiger charge is 2.22. The molecule has 2 amide bonds. The fourth-order valence-electron chi connectivity index (χ4n) is 2.82. The van der Waals surface area contributed by atoms with Crippen molar-refractivity contribution in [1.82, 2.24) is 14.9 Å². The number of halogens is 2. The molecule has 3 rings (SSSR count). The minimum atomic E-state index is -0.554. The molecule has 2 N–H and O–H groups in total. The van der Waals surface area contributed by atoms with Crippen LogP contribution in [0.2, 0.25) is 10.0 Å². The topological polar surface area (TPSA) is 77.4 Å². The molecule has 3 aromatic rings. The van der Waals surface area contributed by atoms with Gasteiger partial charge in [-0.25, -0.2) is 9.78 Å². The molecule has 0 saturated heterocycles. The summed E-state index contributed by atoms with van der Waals surface area (Å²) in [5.41, 5.74) is 1.26. The Hall–Kier alpha value is -2.90. The highest BCUT2D eigenvalue weighted by atomic mass is 35.5. The van der Waals surface area contributed by atoms with Crippen molar-refractivity contribution in [2.75, 3.05) is 19.5 Å². The summed E-state index contributed by atoms with van der Waals surface area (Å²) in [6.07, 6.45) is 3.47.